The van der Waals surface area contributed by atoms with E-state index in [1.165, 1.54) is 0 Å². The fourth-order valence-electron chi connectivity index (χ4n) is 3.12. The molecular formula is C25H34O5. The van der Waals surface area contributed by atoms with Crippen LogP contribution in [0.1, 0.15) is 44.7 Å². The molecule has 2 rings (SSSR count). The molecule has 3 atom stereocenters. The number of hydrogen-bond donors (Lipinski definition) is 0. The normalized spacial score (nSPS) is 14.2. The summed E-state index contributed by atoms with van der Waals surface area (Å²) in [6, 6.07) is 20.0. The number of carbonyl (C=O) groups excluding carboxylic acids is 1. The van der Waals surface area contributed by atoms with Crippen LogP contribution in [-0.4, -0.2) is 37.5 Å². The monoisotopic (exact) mass is 414 g/mol. The van der Waals surface area contributed by atoms with Crippen molar-refractivity contribution in [3.05, 3.63) is 71.8 Å². The molecule has 0 spiro atoms. The number of Topliss-reactive ketones (excluding diaryl/α,β-unsaturated/α-hetero) is 1. The van der Waals surface area contributed by atoms with Crippen molar-refractivity contribution in [1.29, 1.82) is 0 Å². The topological polar surface area (TPSA) is 54.0 Å². The number of rotatable bonds is 15. The summed E-state index contributed by atoms with van der Waals surface area (Å²) in [4.78, 5) is 11.6. The van der Waals surface area contributed by atoms with Gasteiger partial charge in [0, 0.05) is 13.0 Å². The Hall–Kier alpha value is -2.05. The second kappa shape index (κ2) is 14.0. The van der Waals surface area contributed by atoms with Gasteiger partial charge < -0.3 is 23.7 Å². The van der Waals surface area contributed by atoms with Crippen molar-refractivity contribution in [2.75, 3.05) is 13.2 Å². The molecule has 0 aliphatic rings. The minimum absolute atomic E-state index is 0.130. The predicted octanol–water partition coefficient (Wildman–Crippen LogP) is 4.93. The smallest absolute Gasteiger partial charge is 0.155 e. The first-order valence-electron chi connectivity index (χ1n) is 10.6. The Balaban J connectivity index is 2.04. The molecule has 0 saturated heterocycles. The van der Waals surface area contributed by atoms with Gasteiger partial charge >= 0.3 is 0 Å². The first kappa shape index (κ1) is 24.2. The van der Waals surface area contributed by atoms with Crippen LogP contribution >= 0.6 is 0 Å². The van der Waals surface area contributed by atoms with E-state index in [-0.39, 0.29) is 24.3 Å². The highest BCUT2D eigenvalue weighted by molar-refractivity contribution is 5.75. The van der Waals surface area contributed by atoms with Crippen LogP contribution in [0.5, 0.6) is 0 Å². The lowest BCUT2D eigenvalue weighted by Crippen LogP contribution is -2.39. The highest BCUT2D eigenvalue weighted by Gasteiger charge is 2.26. The maximum atomic E-state index is 11.6. The predicted molar refractivity (Wildman–Crippen MR) is 117 cm³/mol. The van der Waals surface area contributed by atoms with Gasteiger partial charge in [-0.1, -0.05) is 60.7 Å². The molecule has 0 amide bonds. The molecule has 0 aromatic heterocycles. The number of benzene rings is 2. The van der Waals surface area contributed by atoms with Gasteiger partial charge in [-0.2, -0.15) is 0 Å². The standard InChI is InChI=1S/C25H34O5/c1-4-28-21(3)30-25(19-27-17-22-11-7-5-8-12-22)24(16-15-20(2)26)29-18-23-13-9-6-10-14-23/h5-14,21,24-25H,4,15-19H2,1-3H3/t21?,24-,25+/m0/s1. The van der Waals surface area contributed by atoms with Gasteiger partial charge in [0.1, 0.15) is 11.9 Å². The highest BCUT2D eigenvalue weighted by Crippen LogP contribution is 2.18. The molecule has 0 saturated carbocycles. The Morgan fingerprint density at radius 1 is 0.867 bits per heavy atom. The highest BCUT2D eigenvalue weighted by atomic mass is 16.7. The van der Waals surface area contributed by atoms with E-state index in [9.17, 15) is 4.79 Å². The summed E-state index contributed by atoms with van der Waals surface area (Å²) in [5, 5.41) is 0. The molecule has 0 aliphatic heterocycles. The van der Waals surface area contributed by atoms with Crippen LogP contribution in [0.4, 0.5) is 0 Å². The summed E-state index contributed by atoms with van der Waals surface area (Å²) in [6.45, 7) is 7.24. The van der Waals surface area contributed by atoms with Gasteiger partial charge in [-0.25, -0.2) is 0 Å². The van der Waals surface area contributed by atoms with Gasteiger partial charge in [0.05, 0.1) is 25.9 Å². The van der Waals surface area contributed by atoms with E-state index < -0.39 is 0 Å². The van der Waals surface area contributed by atoms with Crippen LogP contribution in [0, 0.1) is 0 Å². The molecular weight excluding hydrogens is 380 g/mol. The van der Waals surface area contributed by atoms with E-state index in [1.54, 1.807) is 6.92 Å². The van der Waals surface area contributed by atoms with Crippen molar-refractivity contribution in [3.8, 4) is 0 Å². The molecule has 0 aliphatic carbocycles. The van der Waals surface area contributed by atoms with Crippen LogP contribution in [-0.2, 0) is 37.0 Å². The first-order chi connectivity index (χ1) is 14.6. The molecule has 5 heteroatoms. The fourth-order valence-corrected chi connectivity index (χ4v) is 3.12. The average molecular weight is 415 g/mol. The van der Waals surface area contributed by atoms with E-state index in [0.29, 0.717) is 39.3 Å². The summed E-state index contributed by atoms with van der Waals surface area (Å²) in [7, 11) is 0. The lowest BCUT2D eigenvalue weighted by atomic mass is 10.1. The zero-order valence-electron chi connectivity index (χ0n) is 18.3. The van der Waals surface area contributed by atoms with Crippen molar-refractivity contribution in [2.24, 2.45) is 0 Å². The van der Waals surface area contributed by atoms with Crippen LogP contribution < -0.4 is 0 Å². The van der Waals surface area contributed by atoms with Crippen LogP contribution in [0.2, 0.25) is 0 Å². The van der Waals surface area contributed by atoms with Gasteiger partial charge in [-0.15, -0.1) is 0 Å². The molecule has 0 fully saturated rings. The van der Waals surface area contributed by atoms with Crippen LogP contribution in [0.25, 0.3) is 0 Å². The lowest BCUT2D eigenvalue weighted by Gasteiger charge is -2.30. The molecule has 2 aromatic rings. The molecule has 5 nitrogen and oxygen atoms in total. The van der Waals surface area contributed by atoms with Crippen molar-refractivity contribution in [2.45, 2.75) is 65.3 Å². The summed E-state index contributed by atoms with van der Waals surface area (Å²) in [5.41, 5.74) is 2.17. The molecule has 2 aromatic carbocycles. The SMILES string of the molecule is CCOC(C)O[C@H](COCc1ccccc1)[C@H](CCC(C)=O)OCc1ccccc1. The Morgan fingerprint density at radius 3 is 2.03 bits per heavy atom. The molecule has 1 unspecified atom stereocenters. The number of ketones is 1. The van der Waals surface area contributed by atoms with Gasteiger partial charge in [-0.3, -0.25) is 0 Å². The number of carbonyl (C=O) groups is 1. The second-order valence-corrected chi connectivity index (χ2v) is 7.27. The van der Waals surface area contributed by atoms with E-state index in [1.807, 2.05) is 74.5 Å². The summed E-state index contributed by atoms with van der Waals surface area (Å²) in [6.07, 6.45) is -0.0203. The third-order valence-electron chi connectivity index (χ3n) is 4.66. The van der Waals surface area contributed by atoms with E-state index in [4.69, 9.17) is 18.9 Å². The zero-order valence-corrected chi connectivity index (χ0v) is 18.3. The minimum atomic E-state index is -0.388. The van der Waals surface area contributed by atoms with E-state index in [2.05, 4.69) is 0 Å². The summed E-state index contributed by atoms with van der Waals surface area (Å²) >= 11 is 0. The fraction of sp³-hybridized carbons (Fsp3) is 0.480. The largest absolute Gasteiger partial charge is 0.374 e. The van der Waals surface area contributed by atoms with Crippen LogP contribution in [0.15, 0.2) is 60.7 Å². The number of ether oxygens (including phenoxy) is 4. The van der Waals surface area contributed by atoms with Crippen LogP contribution in [0.3, 0.4) is 0 Å². The lowest BCUT2D eigenvalue weighted by molar-refractivity contribution is -0.205. The third kappa shape index (κ3) is 9.63. The Morgan fingerprint density at radius 2 is 1.47 bits per heavy atom. The molecule has 0 N–H and O–H groups in total. The Kier molecular flexibility index (Phi) is 11.3. The maximum Gasteiger partial charge on any atom is 0.155 e. The average Bonchev–Trinajstić information content (AvgIpc) is 2.75. The zero-order chi connectivity index (χ0) is 21.6. The third-order valence-corrected chi connectivity index (χ3v) is 4.66. The van der Waals surface area contributed by atoms with Crippen molar-refractivity contribution in [1.82, 2.24) is 0 Å². The molecule has 30 heavy (non-hydrogen) atoms. The maximum absolute atomic E-state index is 11.6. The molecule has 0 radical (unpaired) electrons. The van der Waals surface area contributed by atoms with E-state index in [0.717, 1.165) is 11.1 Å². The van der Waals surface area contributed by atoms with Gasteiger partial charge in [0.15, 0.2) is 6.29 Å². The first-order valence-corrected chi connectivity index (χ1v) is 10.6. The quantitative estimate of drug-likeness (QED) is 0.387. The summed E-state index contributed by atoms with van der Waals surface area (Å²) in [5.74, 6) is 0.130. The molecule has 0 heterocycles. The van der Waals surface area contributed by atoms with Crippen molar-refractivity contribution >= 4 is 5.78 Å². The van der Waals surface area contributed by atoms with Gasteiger partial charge in [0.2, 0.25) is 0 Å². The minimum Gasteiger partial charge on any atom is -0.374 e. The Labute approximate surface area is 180 Å². The van der Waals surface area contributed by atoms with Crippen molar-refractivity contribution in [3.63, 3.8) is 0 Å². The Bertz CT molecular complexity index is 704. The van der Waals surface area contributed by atoms with E-state index >= 15 is 0 Å². The summed E-state index contributed by atoms with van der Waals surface area (Å²) < 4.78 is 23.9. The molecule has 0 bridgehead atoms. The van der Waals surface area contributed by atoms with Gasteiger partial charge in [-0.05, 0) is 38.3 Å². The van der Waals surface area contributed by atoms with Crippen molar-refractivity contribution < 1.29 is 23.7 Å². The molecule has 164 valence electrons. The number of hydrogen-bond acceptors (Lipinski definition) is 5. The van der Waals surface area contributed by atoms with Gasteiger partial charge in [0.25, 0.3) is 0 Å². The second-order valence-electron chi connectivity index (χ2n) is 7.27.